The third-order valence-corrected chi connectivity index (χ3v) is 6.07. The van der Waals surface area contributed by atoms with Crippen molar-refractivity contribution in [3.8, 4) is 0 Å². The van der Waals surface area contributed by atoms with Crippen molar-refractivity contribution in [3.63, 3.8) is 0 Å². The number of hydrogen-bond acceptors (Lipinski definition) is 3. The fourth-order valence-electron chi connectivity index (χ4n) is 4.83. The fourth-order valence-corrected chi connectivity index (χ4v) is 4.83. The molecule has 1 aromatic rings. The van der Waals surface area contributed by atoms with Crippen LogP contribution in [0.5, 0.6) is 0 Å². The first-order chi connectivity index (χ1) is 12.7. The van der Waals surface area contributed by atoms with Crippen LogP contribution in [0.4, 0.5) is 13.2 Å². The van der Waals surface area contributed by atoms with Crippen molar-refractivity contribution in [2.24, 2.45) is 29.6 Å². The number of nitrogens with one attached hydrogen (secondary N) is 1. The number of hydrogen-bond donors (Lipinski definition) is 1. The summed E-state index contributed by atoms with van der Waals surface area (Å²) >= 11 is 0. The van der Waals surface area contributed by atoms with Gasteiger partial charge in [0, 0.05) is 5.56 Å². The van der Waals surface area contributed by atoms with Crippen molar-refractivity contribution in [1.82, 2.24) is 10.4 Å². The smallest absolute Gasteiger partial charge is 0.272 e. The number of amides is 3. The predicted octanol–water partition coefficient (Wildman–Crippen LogP) is 3.02. The van der Waals surface area contributed by atoms with Crippen LogP contribution in [0.2, 0.25) is 0 Å². The van der Waals surface area contributed by atoms with Crippen LogP contribution >= 0.6 is 0 Å². The number of carbonyl (C=O) groups excluding carboxylic acids is 3. The lowest BCUT2D eigenvalue weighted by atomic mass is 9.83. The summed E-state index contributed by atoms with van der Waals surface area (Å²) < 4.78 is 37.9. The number of nitrogens with zero attached hydrogens (tertiary/aromatic N) is 1. The van der Waals surface area contributed by atoms with E-state index in [-0.39, 0.29) is 29.2 Å². The lowest BCUT2D eigenvalue weighted by Gasteiger charge is -2.20. The molecular weight excluding hydrogens is 361 g/mol. The zero-order valence-electron chi connectivity index (χ0n) is 14.6. The average Bonchev–Trinajstić information content (AvgIpc) is 3.29. The third-order valence-electron chi connectivity index (χ3n) is 6.07. The van der Waals surface area contributed by atoms with E-state index in [0.717, 1.165) is 48.5 Å². The van der Waals surface area contributed by atoms with Crippen LogP contribution < -0.4 is 5.43 Å². The number of benzene rings is 1. The van der Waals surface area contributed by atoms with E-state index >= 15 is 0 Å². The first-order valence-electron chi connectivity index (χ1n) is 9.10. The van der Waals surface area contributed by atoms with Gasteiger partial charge in [0.05, 0.1) is 17.4 Å². The third kappa shape index (κ3) is 2.82. The fraction of sp³-hybridized carbons (Fsp3) is 0.526. The lowest BCUT2D eigenvalue weighted by Crippen LogP contribution is -2.47. The van der Waals surface area contributed by atoms with Gasteiger partial charge in [-0.25, -0.2) is 0 Å². The highest BCUT2D eigenvalue weighted by atomic mass is 19.4. The van der Waals surface area contributed by atoms with Gasteiger partial charge in [-0.05, 0) is 54.9 Å². The maximum Gasteiger partial charge on any atom is 0.416 e. The number of fused-ring (bicyclic) bond motifs is 3. The molecule has 3 fully saturated rings. The van der Waals surface area contributed by atoms with Crippen molar-refractivity contribution in [2.45, 2.75) is 32.4 Å². The summed E-state index contributed by atoms with van der Waals surface area (Å²) in [6.07, 6.45) is -1.74. The van der Waals surface area contributed by atoms with Gasteiger partial charge in [-0.1, -0.05) is 13.3 Å². The van der Waals surface area contributed by atoms with Gasteiger partial charge in [-0.3, -0.25) is 19.8 Å². The first kappa shape index (κ1) is 18.0. The highest BCUT2D eigenvalue weighted by Crippen LogP contribution is 2.64. The number of alkyl halides is 3. The second-order valence-electron chi connectivity index (χ2n) is 7.60. The SMILES string of the molecule is CCCC1[C@H]2C[C@H]2[C@H]2C(=O)N(NC(=O)c3ccc(C(F)(F)F)cc3)C(=O)[C@@H]12. The molecule has 144 valence electrons. The van der Waals surface area contributed by atoms with Gasteiger partial charge in [0.2, 0.25) is 0 Å². The van der Waals surface area contributed by atoms with Gasteiger partial charge < -0.3 is 0 Å². The highest BCUT2D eigenvalue weighted by Gasteiger charge is 2.68. The lowest BCUT2D eigenvalue weighted by molar-refractivity contribution is -0.143. The van der Waals surface area contributed by atoms with Crippen LogP contribution in [-0.4, -0.2) is 22.7 Å². The summed E-state index contributed by atoms with van der Waals surface area (Å²) in [5.41, 5.74) is 1.38. The average molecular weight is 380 g/mol. The van der Waals surface area contributed by atoms with Crippen LogP contribution in [-0.2, 0) is 15.8 Å². The Kier molecular flexibility index (Phi) is 4.05. The Morgan fingerprint density at radius 2 is 1.74 bits per heavy atom. The molecule has 1 unspecified atom stereocenters. The number of imide groups is 1. The second-order valence-corrected chi connectivity index (χ2v) is 7.60. The molecule has 2 saturated carbocycles. The molecule has 3 amide bonds. The number of rotatable bonds is 4. The monoisotopic (exact) mass is 380 g/mol. The van der Waals surface area contributed by atoms with Gasteiger partial charge in [-0.15, -0.1) is 0 Å². The second kappa shape index (κ2) is 6.07. The van der Waals surface area contributed by atoms with Crippen LogP contribution in [0.1, 0.15) is 42.1 Å². The summed E-state index contributed by atoms with van der Waals surface area (Å²) in [6, 6.07) is 3.65. The zero-order valence-corrected chi connectivity index (χ0v) is 14.6. The number of hydrazine groups is 1. The molecule has 27 heavy (non-hydrogen) atoms. The summed E-state index contributed by atoms with van der Waals surface area (Å²) in [7, 11) is 0. The van der Waals surface area contributed by atoms with E-state index in [2.05, 4.69) is 5.43 Å². The predicted molar refractivity (Wildman–Crippen MR) is 87.7 cm³/mol. The minimum atomic E-state index is -4.50. The van der Waals surface area contributed by atoms with E-state index < -0.39 is 29.5 Å². The van der Waals surface area contributed by atoms with E-state index in [1.807, 2.05) is 6.92 Å². The van der Waals surface area contributed by atoms with Gasteiger partial charge >= 0.3 is 6.18 Å². The Balaban J connectivity index is 1.49. The van der Waals surface area contributed by atoms with Crippen LogP contribution in [0, 0.1) is 29.6 Å². The minimum Gasteiger partial charge on any atom is -0.272 e. The van der Waals surface area contributed by atoms with Crippen molar-refractivity contribution in [2.75, 3.05) is 0 Å². The Bertz CT molecular complexity index is 805. The quantitative estimate of drug-likeness (QED) is 0.817. The van der Waals surface area contributed by atoms with Gasteiger partial charge in [0.15, 0.2) is 0 Å². The Labute approximate surface area is 153 Å². The van der Waals surface area contributed by atoms with Crippen molar-refractivity contribution >= 4 is 17.7 Å². The van der Waals surface area contributed by atoms with Gasteiger partial charge in [-0.2, -0.15) is 18.2 Å². The van der Waals surface area contributed by atoms with E-state index in [9.17, 15) is 27.6 Å². The van der Waals surface area contributed by atoms with E-state index in [1.54, 1.807) is 0 Å². The molecule has 0 spiro atoms. The Morgan fingerprint density at radius 3 is 2.33 bits per heavy atom. The first-order valence-corrected chi connectivity index (χ1v) is 9.10. The molecule has 1 N–H and O–H groups in total. The minimum absolute atomic E-state index is 0.0462. The van der Waals surface area contributed by atoms with E-state index in [0.29, 0.717) is 5.92 Å². The molecule has 4 rings (SSSR count). The molecule has 1 aromatic carbocycles. The molecule has 3 aliphatic rings. The van der Waals surface area contributed by atoms with E-state index in [1.165, 1.54) is 0 Å². The van der Waals surface area contributed by atoms with Gasteiger partial charge in [0.25, 0.3) is 17.7 Å². The molecule has 1 heterocycles. The van der Waals surface area contributed by atoms with Crippen LogP contribution in [0.15, 0.2) is 24.3 Å². The molecule has 2 aliphatic carbocycles. The molecule has 0 bridgehead atoms. The molecule has 1 aliphatic heterocycles. The highest BCUT2D eigenvalue weighted by molar-refractivity contribution is 6.08. The largest absolute Gasteiger partial charge is 0.416 e. The molecule has 1 saturated heterocycles. The molecular formula is C19H19F3N2O3. The maximum absolute atomic E-state index is 12.7. The van der Waals surface area contributed by atoms with Crippen LogP contribution in [0.25, 0.3) is 0 Å². The van der Waals surface area contributed by atoms with Gasteiger partial charge in [0.1, 0.15) is 0 Å². The Hall–Kier alpha value is -2.38. The molecule has 5 atom stereocenters. The van der Waals surface area contributed by atoms with E-state index in [4.69, 9.17) is 0 Å². The molecule has 0 radical (unpaired) electrons. The normalized spacial score (nSPS) is 31.7. The Morgan fingerprint density at radius 1 is 1.11 bits per heavy atom. The maximum atomic E-state index is 12.7. The van der Waals surface area contributed by atoms with Crippen molar-refractivity contribution in [3.05, 3.63) is 35.4 Å². The summed E-state index contributed by atoms with van der Waals surface area (Å²) in [6.45, 7) is 2.04. The zero-order chi connectivity index (χ0) is 19.5. The standard InChI is InChI=1S/C19H19F3N2O3/c1-2-3-11-12-8-13(12)15-14(11)17(26)24(18(15)27)23-16(25)9-4-6-10(7-5-9)19(20,21)22/h4-7,11-15H,2-3,8H2,1H3,(H,23,25)/t11?,12-,13-,14+,15-/m1/s1. The van der Waals surface area contributed by atoms with Crippen LogP contribution in [0.3, 0.4) is 0 Å². The number of halogens is 3. The summed E-state index contributed by atoms with van der Waals surface area (Å²) in [5, 5.41) is 0.784. The topological polar surface area (TPSA) is 66.5 Å². The molecule has 8 heteroatoms. The van der Waals surface area contributed by atoms with Crippen molar-refractivity contribution in [1.29, 1.82) is 0 Å². The summed E-state index contributed by atoms with van der Waals surface area (Å²) in [4.78, 5) is 37.8. The van der Waals surface area contributed by atoms with Crippen molar-refractivity contribution < 1.29 is 27.6 Å². The molecule has 5 nitrogen and oxygen atoms in total. The molecule has 0 aromatic heterocycles. The number of carbonyl (C=O) groups is 3. The summed E-state index contributed by atoms with van der Waals surface area (Å²) in [5.74, 6) is -1.48.